The molecule has 26 heavy (non-hydrogen) atoms. The van der Waals surface area contributed by atoms with Crippen LogP contribution in [0.15, 0.2) is 60.7 Å². The van der Waals surface area contributed by atoms with E-state index in [9.17, 15) is 14.4 Å². The van der Waals surface area contributed by atoms with E-state index in [0.717, 1.165) is 11.1 Å². The van der Waals surface area contributed by atoms with E-state index < -0.39 is 34.4 Å². The molecular formula is C20H24O5S. The molecule has 6 heteroatoms. The van der Waals surface area contributed by atoms with Crippen molar-refractivity contribution in [3.63, 3.8) is 0 Å². The molecule has 0 aliphatic carbocycles. The molecule has 0 amide bonds. The van der Waals surface area contributed by atoms with Crippen molar-refractivity contribution < 1.29 is 23.9 Å². The van der Waals surface area contributed by atoms with E-state index >= 15 is 0 Å². The van der Waals surface area contributed by atoms with Crippen LogP contribution in [0.4, 0.5) is 0 Å². The van der Waals surface area contributed by atoms with Crippen molar-refractivity contribution in [1.29, 1.82) is 0 Å². The van der Waals surface area contributed by atoms with Crippen molar-refractivity contribution >= 4 is 10.8 Å². The first kappa shape index (κ1) is 19.2. The molecule has 0 saturated carbocycles. The minimum absolute atomic E-state index is 0.0792. The van der Waals surface area contributed by atoms with Gasteiger partial charge in [0.15, 0.2) is 0 Å². The van der Waals surface area contributed by atoms with Crippen molar-refractivity contribution in [2.24, 2.45) is 0 Å². The lowest BCUT2D eigenvalue weighted by atomic mass is 10.0. The highest BCUT2D eigenvalue weighted by Crippen LogP contribution is 2.25. The van der Waals surface area contributed by atoms with Crippen LogP contribution in [-0.4, -0.2) is 50.3 Å². The summed E-state index contributed by atoms with van der Waals surface area (Å²) in [7, 11) is -1.37. The zero-order chi connectivity index (χ0) is 18.4. The van der Waals surface area contributed by atoms with Gasteiger partial charge < -0.3 is 19.7 Å². The van der Waals surface area contributed by atoms with E-state index in [1.54, 1.807) is 0 Å². The Labute approximate surface area is 156 Å². The largest absolute Gasteiger partial charge is 0.395 e. The van der Waals surface area contributed by atoms with Crippen LogP contribution in [0.5, 0.6) is 0 Å². The van der Waals surface area contributed by atoms with Crippen LogP contribution in [-0.2, 0) is 33.5 Å². The highest BCUT2D eigenvalue weighted by Gasteiger charge is 2.44. The summed E-state index contributed by atoms with van der Waals surface area (Å²) in [6.07, 6.45) is -2.19. The second kappa shape index (κ2) is 9.39. The van der Waals surface area contributed by atoms with E-state index in [0.29, 0.717) is 13.2 Å². The predicted octanol–water partition coefficient (Wildman–Crippen LogP) is 1.64. The maximum atomic E-state index is 12.3. The molecule has 1 heterocycles. The third kappa shape index (κ3) is 4.78. The van der Waals surface area contributed by atoms with Gasteiger partial charge in [0, 0.05) is 10.8 Å². The van der Waals surface area contributed by atoms with E-state index in [4.69, 9.17) is 9.47 Å². The molecule has 1 aliphatic rings. The van der Waals surface area contributed by atoms with Crippen molar-refractivity contribution in [2.75, 3.05) is 12.4 Å². The van der Waals surface area contributed by atoms with Crippen molar-refractivity contribution in [1.82, 2.24) is 0 Å². The fourth-order valence-electron chi connectivity index (χ4n) is 3.10. The molecule has 140 valence electrons. The van der Waals surface area contributed by atoms with Crippen LogP contribution >= 0.6 is 0 Å². The van der Waals surface area contributed by atoms with Crippen LogP contribution in [0.3, 0.4) is 0 Å². The lowest BCUT2D eigenvalue weighted by Crippen LogP contribution is -2.57. The van der Waals surface area contributed by atoms with E-state index in [2.05, 4.69) is 0 Å². The molecule has 1 aliphatic heterocycles. The van der Waals surface area contributed by atoms with Crippen LogP contribution in [0.1, 0.15) is 11.1 Å². The number of hydrogen-bond donors (Lipinski definition) is 2. The molecule has 3 rings (SSSR count). The predicted molar refractivity (Wildman–Crippen MR) is 99.9 cm³/mol. The number of benzene rings is 2. The fourth-order valence-corrected chi connectivity index (χ4v) is 4.57. The number of hydrogen-bond acceptors (Lipinski definition) is 5. The van der Waals surface area contributed by atoms with Gasteiger partial charge in [0.2, 0.25) is 0 Å². The first-order valence-electron chi connectivity index (χ1n) is 8.66. The zero-order valence-electron chi connectivity index (χ0n) is 14.4. The van der Waals surface area contributed by atoms with Gasteiger partial charge >= 0.3 is 0 Å². The average Bonchev–Trinajstić information content (AvgIpc) is 2.67. The van der Waals surface area contributed by atoms with Crippen LogP contribution < -0.4 is 0 Å². The molecule has 0 unspecified atom stereocenters. The highest BCUT2D eigenvalue weighted by molar-refractivity contribution is 7.85. The standard InChI is InChI=1S/C20H24O5S/c21-11-18-20(25-13-16-9-5-2-6-10-16)19(17(22)14-26(18)23)24-12-15-7-3-1-4-8-15/h1-10,17-22H,11-14H2/t17-,18+,19-,20-,26-/m1/s1. The SMILES string of the molecule is O=[S@@]1C[C@@H](O)[C@@H](OCc2ccccc2)[C@H](OCc2ccccc2)[C@@H]1CO. The van der Waals surface area contributed by atoms with Crippen LogP contribution in [0, 0.1) is 0 Å². The Morgan fingerprint density at radius 2 is 1.38 bits per heavy atom. The van der Waals surface area contributed by atoms with Gasteiger partial charge in [-0.05, 0) is 11.1 Å². The molecule has 5 atom stereocenters. The summed E-state index contributed by atoms with van der Waals surface area (Å²) in [4.78, 5) is 0. The van der Waals surface area contributed by atoms with Gasteiger partial charge in [0.05, 0.1) is 36.9 Å². The summed E-state index contributed by atoms with van der Waals surface area (Å²) in [5.74, 6) is 0.0792. The monoisotopic (exact) mass is 376 g/mol. The lowest BCUT2D eigenvalue weighted by Gasteiger charge is -2.39. The Bertz CT molecular complexity index is 694. The summed E-state index contributed by atoms with van der Waals surface area (Å²) in [6, 6.07) is 19.3. The topological polar surface area (TPSA) is 76.0 Å². The van der Waals surface area contributed by atoms with Crippen molar-refractivity contribution in [3.8, 4) is 0 Å². The molecule has 0 aromatic heterocycles. The van der Waals surface area contributed by atoms with Gasteiger partial charge in [-0.25, -0.2) is 0 Å². The second-order valence-electron chi connectivity index (χ2n) is 6.36. The molecule has 0 radical (unpaired) electrons. The lowest BCUT2D eigenvalue weighted by molar-refractivity contribution is -0.134. The maximum absolute atomic E-state index is 12.3. The van der Waals surface area contributed by atoms with Gasteiger partial charge in [-0.1, -0.05) is 60.7 Å². The quantitative estimate of drug-likeness (QED) is 0.768. The third-order valence-electron chi connectivity index (χ3n) is 4.49. The molecule has 0 spiro atoms. The molecule has 5 nitrogen and oxygen atoms in total. The van der Waals surface area contributed by atoms with Gasteiger partial charge in [-0.2, -0.15) is 0 Å². The summed E-state index contributed by atoms with van der Waals surface area (Å²) in [6.45, 7) is 0.347. The van der Waals surface area contributed by atoms with Crippen LogP contribution in [0.25, 0.3) is 0 Å². The van der Waals surface area contributed by atoms with E-state index in [-0.39, 0.29) is 12.4 Å². The Morgan fingerprint density at radius 1 is 0.885 bits per heavy atom. The van der Waals surface area contributed by atoms with Gasteiger partial charge in [-0.15, -0.1) is 0 Å². The molecule has 2 N–H and O–H groups in total. The Hall–Kier alpha value is -1.57. The first-order valence-corrected chi connectivity index (χ1v) is 10.0. The minimum Gasteiger partial charge on any atom is -0.395 e. The molecular weight excluding hydrogens is 352 g/mol. The third-order valence-corrected chi connectivity index (χ3v) is 6.26. The molecule has 2 aromatic carbocycles. The molecule has 2 aromatic rings. The summed E-state index contributed by atoms with van der Waals surface area (Å²) in [5, 5.41) is 19.5. The van der Waals surface area contributed by atoms with Gasteiger partial charge in [0.1, 0.15) is 12.2 Å². The second-order valence-corrected chi connectivity index (χ2v) is 8.06. The number of aliphatic hydroxyl groups excluding tert-OH is 2. The summed E-state index contributed by atoms with van der Waals surface area (Å²) in [5.41, 5.74) is 1.95. The molecule has 1 fully saturated rings. The smallest absolute Gasteiger partial charge is 0.112 e. The Balaban J connectivity index is 1.72. The number of ether oxygens (including phenoxy) is 2. The number of rotatable bonds is 7. The fraction of sp³-hybridized carbons (Fsp3) is 0.400. The van der Waals surface area contributed by atoms with Gasteiger partial charge in [-0.3, -0.25) is 4.21 Å². The molecule has 1 saturated heterocycles. The minimum atomic E-state index is -1.37. The van der Waals surface area contributed by atoms with E-state index in [1.807, 2.05) is 60.7 Å². The van der Waals surface area contributed by atoms with Crippen molar-refractivity contribution in [3.05, 3.63) is 71.8 Å². The van der Waals surface area contributed by atoms with Crippen molar-refractivity contribution in [2.45, 2.75) is 36.8 Å². The maximum Gasteiger partial charge on any atom is 0.112 e. The normalized spacial score (nSPS) is 28.8. The average molecular weight is 376 g/mol. The van der Waals surface area contributed by atoms with Gasteiger partial charge in [0.25, 0.3) is 0 Å². The summed E-state index contributed by atoms with van der Waals surface area (Å²) < 4.78 is 24.3. The summed E-state index contributed by atoms with van der Waals surface area (Å²) >= 11 is 0. The van der Waals surface area contributed by atoms with Crippen LogP contribution in [0.2, 0.25) is 0 Å². The zero-order valence-corrected chi connectivity index (χ0v) is 15.3. The highest BCUT2D eigenvalue weighted by atomic mass is 32.2. The Morgan fingerprint density at radius 3 is 1.88 bits per heavy atom. The molecule has 0 bridgehead atoms. The Kier molecular flexibility index (Phi) is 6.93. The number of aliphatic hydroxyl groups is 2. The first-order chi connectivity index (χ1) is 12.7. The van der Waals surface area contributed by atoms with E-state index in [1.165, 1.54) is 0 Å².